The molecule has 0 aromatic heterocycles. The molecule has 0 saturated heterocycles. The minimum Gasteiger partial charge on any atom is -0.550 e. The number of aliphatic hydroxyl groups is 2. The number of hydrogen-bond acceptors (Lipinski definition) is 4. The van der Waals surface area contributed by atoms with Gasteiger partial charge < -0.3 is 20.1 Å². The maximum atomic E-state index is 11.5. The Morgan fingerprint density at radius 2 is 1.81 bits per heavy atom. The van der Waals surface area contributed by atoms with Crippen LogP contribution in [0.5, 0.6) is 0 Å². The molecule has 0 bridgehead atoms. The van der Waals surface area contributed by atoms with Gasteiger partial charge in [-0.05, 0) is 29.7 Å². The van der Waals surface area contributed by atoms with Crippen molar-refractivity contribution in [1.82, 2.24) is 0 Å². The molecule has 0 radical (unpaired) electrons. The second kappa shape index (κ2) is 5.43. The Kier molecular flexibility index (Phi) is 4.13. The van der Waals surface area contributed by atoms with Crippen LogP contribution in [0.2, 0.25) is 0 Å². The Balaban J connectivity index is 2.25. The number of carboxylic acid groups (broad SMARTS) is 1. The third kappa shape index (κ3) is 2.47. The van der Waals surface area contributed by atoms with Crippen LogP contribution in [-0.4, -0.2) is 22.3 Å². The van der Waals surface area contributed by atoms with Gasteiger partial charge in [0.2, 0.25) is 0 Å². The lowest BCUT2D eigenvalue weighted by molar-refractivity contribution is -0.323. The van der Waals surface area contributed by atoms with Crippen molar-refractivity contribution in [3.05, 3.63) is 35.9 Å². The highest BCUT2D eigenvalue weighted by Gasteiger charge is 2.55. The quantitative estimate of drug-likeness (QED) is 0.875. The van der Waals surface area contributed by atoms with Crippen molar-refractivity contribution < 1.29 is 20.1 Å². The van der Waals surface area contributed by atoms with Gasteiger partial charge in [0.05, 0.1) is 6.10 Å². The molecule has 1 aliphatic rings. The van der Waals surface area contributed by atoms with Crippen LogP contribution in [-0.2, 0) is 4.79 Å². The minimum absolute atomic E-state index is 0.296. The summed E-state index contributed by atoms with van der Waals surface area (Å²) in [6.07, 6.45) is -1.00. The Morgan fingerprint density at radius 3 is 2.29 bits per heavy atom. The molecule has 2 rings (SSSR count). The molecule has 0 spiro atoms. The minimum atomic E-state index is -1.09. The zero-order valence-corrected chi connectivity index (χ0v) is 12.7. The first kappa shape index (κ1) is 16.0. The first-order chi connectivity index (χ1) is 9.72. The molecular formula is C17H23O4-. The molecule has 0 aliphatic heterocycles. The molecule has 4 atom stereocenters. The second-order valence-corrected chi connectivity index (χ2v) is 6.83. The Hall–Kier alpha value is -1.39. The van der Waals surface area contributed by atoms with Crippen molar-refractivity contribution in [2.45, 2.75) is 45.8 Å². The van der Waals surface area contributed by atoms with Crippen LogP contribution >= 0.6 is 0 Å². The van der Waals surface area contributed by atoms with E-state index in [2.05, 4.69) is 0 Å². The zero-order valence-electron chi connectivity index (χ0n) is 12.7. The molecule has 1 aromatic rings. The topological polar surface area (TPSA) is 80.6 Å². The van der Waals surface area contributed by atoms with Crippen LogP contribution in [0.1, 0.15) is 45.3 Å². The van der Waals surface area contributed by atoms with E-state index in [0.29, 0.717) is 18.4 Å². The number of carboxylic acids is 1. The lowest BCUT2D eigenvalue weighted by Crippen LogP contribution is -2.50. The maximum Gasteiger partial charge on any atom is 0.105 e. The van der Waals surface area contributed by atoms with E-state index in [0.717, 1.165) is 0 Å². The lowest BCUT2D eigenvalue weighted by Gasteiger charge is -2.44. The predicted octanol–water partition coefficient (Wildman–Crippen LogP) is 1.27. The van der Waals surface area contributed by atoms with E-state index in [9.17, 15) is 20.1 Å². The Morgan fingerprint density at radius 1 is 1.24 bits per heavy atom. The van der Waals surface area contributed by atoms with Crippen LogP contribution < -0.4 is 5.11 Å². The van der Waals surface area contributed by atoms with Gasteiger partial charge in [-0.15, -0.1) is 0 Å². The van der Waals surface area contributed by atoms with E-state index < -0.39 is 29.0 Å². The van der Waals surface area contributed by atoms with Gasteiger partial charge in [0.1, 0.15) is 6.10 Å². The molecule has 1 fully saturated rings. The molecule has 4 heteroatoms. The van der Waals surface area contributed by atoms with E-state index in [1.165, 1.54) is 0 Å². The van der Waals surface area contributed by atoms with Gasteiger partial charge in [-0.3, -0.25) is 0 Å². The SMILES string of the molecule is CC1(C)[C@@H]([C@H](O)[C@H](O)c2ccccc2)CC[C@@]1(C)C(=O)[O-]. The largest absolute Gasteiger partial charge is 0.550 e. The maximum absolute atomic E-state index is 11.5. The highest BCUT2D eigenvalue weighted by atomic mass is 16.4. The van der Waals surface area contributed by atoms with Crippen molar-refractivity contribution in [3.63, 3.8) is 0 Å². The van der Waals surface area contributed by atoms with E-state index in [1.54, 1.807) is 31.2 Å². The summed E-state index contributed by atoms with van der Waals surface area (Å²) in [4.78, 5) is 11.5. The summed E-state index contributed by atoms with van der Waals surface area (Å²) in [6.45, 7) is 5.34. The average molecular weight is 291 g/mol. The van der Waals surface area contributed by atoms with Crippen molar-refractivity contribution >= 4 is 5.97 Å². The van der Waals surface area contributed by atoms with Gasteiger partial charge in [-0.25, -0.2) is 0 Å². The highest BCUT2D eigenvalue weighted by molar-refractivity contribution is 5.73. The molecule has 2 N–H and O–H groups in total. The molecule has 1 saturated carbocycles. The number of rotatable bonds is 4. The fraction of sp³-hybridized carbons (Fsp3) is 0.588. The molecule has 116 valence electrons. The molecule has 0 amide bonds. The molecule has 4 nitrogen and oxygen atoms in total. The molecule has 0 unspecified atom stereocenters. The second-order valence-electron chi connectivity index (χ2n) is 6.83. The van der Waals surface area contributed by atoms with Crippen LogP contribution in [0.25, 0.3) is 0 Å². The zero-order chi connectivity index (χ0) is 15.8. The standard InChI is InChI=1S/C17H24O4/c1-16(2)12(9-10-17(16,3)15(20)21)14(19)13(18)11-7-5-4-6-8-11/h4-8,12-14,18-19H,9-10H2,1-3H3,(H,20,21)/p-1/t12-,13-,14+,17+/m1/s1. The predicted molar refractivity (Wildman–Crippen MR) is 77.0 cm³/mol. The summed E-state index contributed by atoms with van der Waals surface area (Å²) in [5.74, 6) is -1.38. The van der Waals surface area contributed by atoms with E-state index in [-0.39, 0.29) is 5.92 Å². The van der Waals surface area contributed by atoms with Gasteiger partial charge >= 0.3 is 0 Å². The number of carbonyl (C=O) groups excluding carboxylic acids is 1. The first-order valence-electron chi connectivity index (χ1n) is 7.34. The third-order valence-electron chi connectivity index (χ3n) is 5.63. The van der Waals surface area contributed by atoms with E-state index in [4.69, 9.17) is 0 Å². The highest BCUT2D eigenvalue weighted by Crippen LogP contribution is 2.57. The summed E-state index contributed by atoms with van der Waals surface area (Å²) >= 11 is 0. The van der Waals surface area contributed by atoms with E-state index in [1.807, 2.05) is 19.9 Å². The fourth-order valence-electron chi connectivity index (χ4n) is 3.57. The van der Waals surface area contributed by atoms with Crippen molar-refractivity contribution in [2.75, 3.05) is 0 Å². The normalized spacial score (nSPS) is 30.8. The smallest absolute Gasteiger partial charge is 0.105 e. The Bertz CT molecular complexity index is 511. The monoisotopic (exact) mass is 291 g/mol. The van der Waals surface area contributed by atoms with E-state index >= 15 is 0 Å². The Labute approximate surface area is 125 Å². The van der Waals surface area contributed by atoms with Crippen molar-refractivity contribution in [3.8, 4) is 0 Å². The molecule has 1 aromatic carbocycles. The van der Waals surface area contributed by atoms with Crippen LogP contribution in [0, 0.1) is 16.7 Å². The van der Waals surface area contributed by atoms with Crippen molar-refractivity contribution in [2.24, 2.45) is 16.7 Å². The number of carbonyl (C=O) groups is 1. The number of hydrogen-bond donors (Lipinski definition) is 2. The van der Waals surface area contributed by atoms with Gasteiger partial charge in [0.25, 0.3) is 0 Å². The van der Waals surface area contributed by atoms with Crippen LogP contribution in [0.3, 0.4) is 0 Å². The lowest BCUT2D eigenvalue weighted by atomic mass is 9.64. The molecule has 21 heavy (non-hydrogen) atoms. The number of aliphatic hydroxyl groups excluding tert-OH is 2. The third-order valence-corrected chi connectivity index (χ3v) is 5.63. The number of aliphatic carboxylic acids is 1. The molecule has 0 heterocycles. The average Bonchev–Trinajstić information content (AvgIpc) is 2.70. The fourth-order valence-corrected chi connectivity index (χ4v) is 3.57. The van der Waals surface area contributed by atoms with Crippen LogP contribution in [0.15, 0.2) is 30.3 Å². The van der Waals surface area contributed by atoms with Gasteiger partial charge in [0, 0.05) is 11.4 Å². The number of benzene rings is 1. The van der Waals surface area contributed by atoms with Crippen LogP contribution in [0.4, 0.5) is 0 Å². The molecular weight excluding hydrogens is 268 g/mol. The summed E-state index contributed by atoms with van der Waals surface area (Å²) in [5, 5.41) is 32.4. The van der Waals surface area contributed by atoms with Gasteiger partial charge in [-0.2, -0.15) is 0 Å². The first-order valence-corrected chi connectivity index (χ1v) is 7.34. The van der Waals surface area contributed by atoms with Gasteiger partial charge in [-0.1, -0.05) is 51.1 Å². The summed E-state index contributed by atoms with van der Waals surface area (Å²) in [5.41, 5.74) is -1.00. The summed E-state index contributed by atoms with van der Waals surface area (Å²) in [6, 6.07) is 8.96. The van der Waals surface area contributed by atoms with Crippen molar-refractivity contribution in [1.29, 1.82) is 0 Å². The van der Waals surface area contributed by atoms with Gasteiger partial charge in [0.15, 0.2) is 0 Å². The summed E-state index contributed by atoms with van der Waals surface area (Å²) < 4.78 is 0. The molecule has 1 aliphatic carbocycles. The summed E-state index contributed by atoms with van der Waals surface area (Å²) in [7, 11) is 0.